The van der Waals surface area contributed by atoms with E-state index >= 15 is 0 Å². The summed E-state index contributed by atoms with van der Waals surface area (Å²) in [6, 6.07) is 10.2. The Kier molecular flexibility index (Phi) is 9.32. The number of nitrogens with zero attached hydrogens (tertiary/aromatic N) is 1. The van der Waals surface area contributed by atoms with Crippen molar-refractivity contribution in [2.75, 3.05) is 6.54 Å². The van der Waals surface area contributed by atoms with Crippen LogP contribution in [0.25, 0.3) is 10.9 Å². The number of hydrogen-bond donors (Lipinski definition) is 8. The molecule has 2 aromatic carbocycles. The zero-order chi connectivity index (χ0) is 29.4. The quantitative estimate of drug-likeness (QED) is 0.112. The number of phenols is 1. The Labute approximate surface area is 234 Å². The van der Waals surface area contributed by atoms with E-state index in [4.69, 9.17) is 5.73 Å². The molecule has 0 aliphatic heterocycles. The highest BCUT2D eigenvalue weighted by atomic mass is 16.4. The lowest BCUT2D eigenvalue weighted by Gasteiger charge is -2.21. The van der Waals surface area contributed by atoms with Crippen LogP contribution in [0.5, 0.6) is 5.75 Å². The van der Waals surface area contributed by atoms with Crippen molar-refractivity contribution in [3.05, 3.63) is 84.1 Å². The third-order valence-corrected chi connectivity index (χ3v) is 6.50. The lowest BCUT2D eigenvalue weighted by atomic mass is 10.0. The number of carbonyl (C=O) groups is 4. The van der Waals surface area contributed by atoms with Crippen molar-refractivity contribution in [1.82, 2.24) is 30.9 Å². The van der Waals surface area contributed by atoms with Gasteiger partial charge in [0.25, 0.3) is 0 Å². The molecule has 41 heavy (non-hydrogen) atoms. The van der Waals surface area contributed by atoms with Gasteiger partial charge in [0, 0.05) is 41.8 Å². The number of para-hydroxylation sites is 1. The maximum atomic E-state index is 13.0. The third-order valence-electron chi connectivity index (χ3n) is 6.50. The smallest absolute Gasteiger partial charge is 0.326 e. The number of rotatable bonds is 13. The van der Waals surface area contributed by atoms with Crippen LogP contribution < -0.4 is 21.7 Å². The van der Waals surface area contributed by atoms with E-state index in [0.717, 1.165) is 16.5 Å². The van der Waals surface area contributed by atoms with Crippen molar-refractivity contribution in [2.24, 2.45) is 5.73 Å². The summed E-state index contributed by atoms with van der Waals surface area (Å²) in [5.41, 5.74) is 9.12. The molecule has 214 valence electrons. The average Bonchev–Trinajstić information content (AvgIpc) is 3.62. The Bertz CT molecular complexity index is 1500. The number of hydrogen-bond acceptors (Lipinski definition) is 7. The van der Waals surface area contributed by atoms with Crippen LogP contribution in [0.3, 0.4) is 0 Å². The number of imidazole rings is 1. The molecule has 0 spiro atoms. The zero-order valence-electron chi connectivity index (χ0n) is 22.0. The summed E-state index contributed by atoms with van der Waals surface area (Å²) in [5.74, 6) is -3.17. The Morgan fingerprint density at radius 1 is 0.902 bits per heavy atom. The number of aromatic amines is 2. The predicted molar refractivity (Wildman–Crippen MR) is 149 cm³/mol. The molecule has 3 unspecified atom stereocenters. The number of carbonyl (C=O) groups excluding carboxylic acids is 3. The highest BCUT2D eigenvalue weighted by Gasteiger charge is 2.26. The lowest BCUT2D eigenvalue weighted by molar-refractivity contribution is -0.141. The molecule has 9 N–H and O–H groups in total. The Morgan fingerprint density at radius 2 is 1.66 bits per heavy atom. The van der Waals surface area contributed by atoms with Crippen molar-refractivity contribution in [2.45, 2.75) is 37.4 Å². The fraction of sp³-hybridized carbons (Fsp3) is 0.250. The molecule has 0 fully saturated rings. The van der Waals surface area contributed by atoms with Gasteiger partial charge in [-0.25, -0.2) is 9.78 Å². The molecular formula is C28H31N7O6. The highest BCUT2D eigenvalue weighted by Crippen LogP contribution is 2.19. The van der Waals surface area contributed by atoms with Gasteiger partial charge in [0.15, 0.2) is 0 Å². The predicted octanol–water partition coefficient (Wildman–Crippen LogP) is 0.122. The molecule has 2 aromatic heterocycles. The molecule has 4 rings (SSSR count). The molecular weight excluding hydrogens is 530 g/mol. The van der Waals surface area contributed by atoms with E-state index < -0.39 is 48.4 Å². The van der Waals surface area contributed by atoms with Gasteiger partial charge in [0.2, 0.25) is 17.7 Å². The minimum Gasteiger partial charge on any atom is -0.508 e. The van der Waals surface area contributed by atoms with Gasteiger partial charge < -0.3 is 41.9 Å². The maximum absolute atomic E-state index is 13.0. The maximum Gasteiger partial charge on any atom is 0.326 e. The van der Waals surface area contributed by atoms with Crippen molar-refractivity contribution in [1.29, 1.82) is 0 Å². The molecule has 0 aliphatic rings. The van der Waals surface area contributed by atoms with Crippen molar-refractivity contribution in [3.8, 4) is 5.75 Å². The number of aromatic hydroxyl groups is 1. The minimum absolute atomic E-state index is 0.0257. The van der Waals surface area contributed by atoms with Gasteiger partial charge in [-0.15, -0.1) is 0 Å². The van der Waals surface area contributed by atoms with Crippen molar-refractivity contribution in [3.63, 3.8) is 0 Å². The molecule has 0 radical (unpaired) electrons. The van der Waals surface area contributed by atoms with Crippen molar-refractivity contribution < 1.29 is 29.4 Å². The standard InChI is InChI=1S/C28H31N7O6/c29-21(10-17-12-31-22-4-2-1-3-20(17)22)26(38)35-23(11-18-13-30-15-33-18)27(39)32-14-25(37)34-24(28(40)41)9-16-5-7-19(36)8-6-16/h1-8,12-13,15,21,23-24,31,36H,9-11,14,29H2,(H,30,33)(H,32,39)(H,34,37)(H,35,38)(H,40,41). The van der Waals surface area contributed by atoms with E-state index in [1.54, 1.807) is 18.3 Å². The summed E-state index contributed by atoms with van der Waals surface area (Å²) in [5, 5.41) is 27.4. The Morgan fingerprint density at radius 3 is 2.37 bits per heavy atom. The van der Waals surface area contributed by atoms with Gasteiger partial charge in [0.1, 0.15) is 17.8 Å². The van der Waals surface area contributed by atoms with Gasteiger partial charge in [-0.3, -0.25) is 14.4 Å². The lowest BCUT2D eigenvalue weighted by Crippen LogP contribution is -2.54. The largest absolute Gasteiger partial charge is 0.508 e. The number of nitrogens with one attached hydrogen (secondary N) is 5. The van der Waals surface area contributed by atoms with Crippen LogP contribution in [0.4, 0.5) is 0 Å². The first-order valence-corrected chi connectivity index (χ1v) is 12.9. The van der Waals surface area contributed by atoms with Gasteiger partial charge >= 0.3 is 5.97 Å². The second kappa shape index (κ2) is 13.3. The number of phenolic OH excluding ortho intramolecular Hbond substituents is 1. The Balaban J connectivity index is 1.35. The van der Waals surface area contributed by atoms with Crippen LogP contribution >= 0.6 is 0 Å². The van der Waals surface area contributed by atoms with Crippen LogP contribution in [0.1, 0.15) is 16.8 Å². The fourth-order valence-corrected chi connectivity index (χ4v) is 4.34. The molecule has 13 nitrogen and oxygen atoms in total. The molecule has 3 atom stereocenters. The molecule has 0 saturated carbocycles. The van der Waals surface area contributed by atoms with Crippen molar-refractivity contribution >= 4 is 34.6 Å². The van der Waals surface area contributed by atoms with Gasteiger partial charge in [-0.2, -0.15) is 0 Å². The number of carboxylic acids is 1. The number of carboxylic acid groups (broad SMARTS) is 1. The average molecular weight is 562 g/mol. The second-order valence-corrected chi connectivity index (χ2v) is 9.56. The number of aromatic nitrogens is 3. The Hall–Kier alpha value is -5.17. The van der Waals surface area contributed by atoms with E-state index in [2.05, 4.69) is 30.9 Å². The monoisotopic (exact) mass is 561 g/mol. The van der Waals surface area contributed by atoms with E-state index in [1.807, 2.05) is 24.3 Å². The summed E-state index contributed by atoms with van der Waals surface area (Å²) in [6.07, 6.45) is 4.99. The van der Waals surface area contributed by atoms with Crippen LogP contribution in [0, 0.1) is 0 Å². The first kappa shape index (κ1) is 28.8. The second-order valence-electron chi connectivity index (χ2n) is 9.56. The summed E-state index contributed by atoms with van der Waals surface area (Å²) in [4.78, 5) is 60.2. The number of aliphatic carboxylic acids is 1. The topological polar surface area (TPSA) is 215 Å². The van der Waals surface area contributed by atoms with Crippen LogP contribution in [-0.4, -0.2) is 73.5 Å². The minimum atomic E-state index is -1.26. The van der Waals surface area contributed by atoms with E-state index in [0.29, 0.717) is 11.3 Å². The first-order chi connectivity index (χ1) is 19.7. The van der Waals surface area contributed by atoms with Gasteiger partial charge in [-0.1, -0.05) is 30.3 Å². The van der Waals surface area contributed by atoms with Gasteiger partial charge in [-0.05, 0) is 35.7 Å². The number of amides is 3. The third kappa shape index (κ3) is 7.92. The summed E-state index contributed by atoms with van der Waals surface area (Å²) >= 11 is 0. The molecule has 0 saturated heterocycles. The normalized spacial score (nSPS) is 13.2. The van der Waals surface area contributed by atoms with Gasteiger partial charge in [0.05, 0.1) is 18.9 Å². The SMILES string of the molecule is NC(Cc1c[nH]c2ccccc12)C(=O)NC(Cc1cnc[nH]1)C(=O)NCC(=O)NC(Cc1ccc(O)cc1)C(=O)O. The number of benzene rings is 2. The number of nitrogens with two attached hydrogens (primary N) is 1. The molecule has 0 bridgehead atoms. The molecule has 3 amide bonds. The summed E-state index contributed by atoms with van der Waals surface area (Å²) < 4.78 is 0. The summed E-state index contributed by atoms with van der Waals surface area (Å²) in [6.45, 7) is -0.519. The number of fused-ring (bicyclic) bond motifs is 1. The molecule has 13 heteroatoms. The number of H-pyrrole nitrogens is 2. The highest BCUT2D eigenvalue weighted by molar-refractivity contribution is 5.93. The van der Waals surface area contributed by atoms with E-state index in [9.17, 15) is 29.4 Å². The van der Waals surface area contributed by atoms with Crippen LogP contribution in [0.15, 0.2) is 67.3 Å². The zero-order valence-corrected chi connectivity index (χ0v) is 22.0. The fourth-order valence-electron chi connectivity index (χ4n) is 4.34. The van der Waals surface area contributed by atoms with E-state index in [1.165, 1.54) is 24.7 Å². The van der Waals surface area contributed by atoms with Crippen LogP contribution in [-0.2, 0) is 38.4 Å². The molecule has 2 heterocycles. The molecule has 4 aromatic rings. The summed E-state index contributed by atoms with van der Waals surface area (Å²) in [7, 11) is 0. The van der Waals surface area contributed by atoms with Crippen LogP contribution in [0.2, 0.25) is 0 Å². The first-order valence-electron chi connectivity index (χ1n) is 12.9. The molecule has 0 aliphatic carbocycles. The van der Waals surface area contributed by atoms with E-state index in [-0.39, 0.29) is 25.0 Å².